The molecule has 0 saturated carbocycles. The number of pyridine rings is 1. The van der Waals surface area contributed by atoms with Crippen molar-refractivity contribution < 1.29 is 23.3 Å². The number of carbonyl (C=O) groups is 2. The summed E-state index contributed by atoms with van der Waals surface area (Å²) in [4.78, 5) is 37.5. The van der Waals surface area contributed by atoms with Gasteiger partial charge in [0.15, 0.2) is 0 Å². The normalized spacial score (nSPS) is 14.7. The summed E-state index contributed by atoms with van der Waals surface area (Å²) < 4.78 is 25.2. The van der Waals surface area contributed by atoms with Crippen LogP contribution < -0.4 is 9.64 Å². The second-order valence-corrected chi connectivity index (χ2v) is 10.8. The van der Waals surface area contributed by atoms with Crippen LogP contribution >= 0.6 is 0 Å². The zero-order chi connectivity index (χ0) is 30.3. The second kappa shape index (κ2) is 13.6. The van der Waals surface area contributed by atoms with Crippen molar-refractivity contribution in [3.05, 3.63) is 101 Å². The molecule has 0 saturated heterocycles. The number of halogens is 1. The first-order chi connectivity index (χ1) is 20.8. The van der Waals surface area contributed by atoms with E-state index >= 15 is 0 Å². The lowest BCUT2D eigenvalue weighted by atomic mass is 10.1. The quantitative estimate of drug-likeness (QED) is 0.315. The number of carbonyl (C=O) groups excluding carboxylic acids is 2. The fourth-order valence-corrected chi connectivity index (χ4v) is 5.06. The summed E-state index contributed by atoms with van der Waals surface area (Å²) >= 11 is 0. The van der Waals surface area contributed by atoms with Crippen LogP contribution in [0.3, 0.4) is 0 Å². The first-order valence-corrected chi connectivity index (χ1v) is 14.4. The summed E-state index contributed by atoms with van der Waals surface area (Å²) in [5.74, 6) is -0.370. The van der Waals surface area contributed by atoms with Gasteiger partial charge in [-0.05, 0) is 81.3 Å². The van der Waals surface area contributed by atoms with Crippen molar-refractivity contribution in [2.75, 3.05) is 31.1 Å². The van der Waals surface area contributed by atoms with Gasteiger partial charge in [-0.15, -0.1) is 0 Å². The maximum atomic E-state index is 14.7. The lowest BCUT2D eigenvalue weighted by Gasteiger charge is -2.30. The number of aromatic nitrogens is 3. The Morgan fingerprint density at radius 3 is 2.49 bits per heavy atom. The zero-order valence-electron chi connectivity index (χ0n) is 24.6. The van der Waals surface area contributed by atoms with Gasteiger partial charge < -0.3 is 14.5 Å². The molecule has 224 valence electrons. The molecule has 43 heavy (non-hydrogen) atoms. The van der Waals surface area contributed by atoms with Crippen molar-refractivity contribution in [3.8, 4) is 5.75 Å². The van der Waals surface area contributed by atoms with Gasteiger partial charge in [0, 0.05) is 50.5 Å². The van der Waals surface area contributed by atoms with Crippen LogP contribution in [0.5, 0.6) is 5.75 Å². The van der Waals surface area contributed by atoms with Crippen LogP contribution in [0.15, 0.2) is 71.5 Å². The molecule has 0 radical (unpaired) electrons. The molecule has 4 aromatic rings. The van der Waals surface area contributed by atoms with E-state index in [4.69, 9.17) is 9.37 Å². The highest BCUT2D eigenvalue weighted by Gasteiger charge is 2.26. The van der Waals surface area contributed by atoms with E-state index in [2.05, 4.69) is 34.0 Å². The number of ether oxygens (including phenoxy) is 1. The second-order valence-electron chi connectivity index (χ2n) is 10.8. The number of amides is 2. The molecule has 0 N–H and O–H groups in total. The summed E-state index contributed by atoms with van der Waals surface area (Å²) in [6, 6.07) is 16.7. The molecule has 10 nitrogen and oxygen atoms in total. The molecule has 1 aliphatic heterocycles. The van der Waals surface area contributed by atoms with Gasteiger partial charge in [-0.1, -0.05) is 22.4 Å². The van der Waals surface area contributed by atoms with E-state index in [-0.39, 0.29) is 36.7 Å². The fourth-order valence-electron chi connectivity index (χ4n) is 5.06. The van der Waals surface area contributed by atoms with Crippen molar-refractivity contribution in [3.63, 3.8) is 0 Å². The minimum absolute atomic E-state index is 0.177. The molecule has 11 heteroatoms. The smallest absolute Gasteiger partial charge is 0.276 e. The Balaban J connectivity index is 1.43. The highest BCUT2D eigenvalue weighted by molar-refractivity contribution is 6.05. The zero-order valence-corrected chi connectivity index (χ0v) is 24.6. The molecule has 0 bridgehead atoms. The van der Waals surface area contributed by atoms with E-state index in [1.54, 1.807) is 71.5 Å². The first kappa shape index (κ1) is 29.8. The van der Waals surface area contributed by atoms with E-state index in [0.717, 1.165) is 0 Å². The molecule has 0 fully saturated rings. The summed E-state index contributed by atoms with van der Waals surface area (Å²) in [6.45, 7) is 8.61. The molecule has 0 unspecified atom stereocenters. The van der Waals surface area contributed by atoms with Crippen LogP contribution in [0.25, 0.3) is 0 Å². The molecule has 5 rings (SSSR count). The predicted octanol–water partition coefficient (Wildman–Crippen LogP) is 4.89. The number of aryl methyl sites for hydroxylation is 1. The minimum atomic E-state index is -0.457. The van der Waals surface area contributed by atoms with Crippen molar-refractivity contribution >= 4 is 17.5 Å². The topological polar surface area (TPSA) is 105 Å². The van der Waals surface area contributed by atoms with Gasteiger partial charge in [0.1, 0.15) is 35.3 Å². The third kappa shape index (κ3) is 7.23. The van der Waals surface area contributed by atoms with Gasteiger partial charge in [0.05, 0.1) is 5.69 Å². The average molecular weight is 587 g/mol. The van der Waals surface area contributed by atoms with E-state index in [0.29, 0.717) is 66.6 Å². The number of hydrogen-bond donors (Lipinski definition) is 0. The standard InChI is InChI=1S/C32H35FN6O4/c1-22(2)37-15-6-16-39(32(41)28-7-4-5-14-34-28)30-19-26(33)11-8-25(30)20-38(18-17-37)31(40)24-9-12-27(13-10-24)42-21-29-23(3)35-43-36-29/h4-5,7-14,19,22H,6,15-18,20-21H2,1-3H3. The van der Waals surface area contributed by atoms with Crippen molar-refractivity contribution in [1.29, 1.82) is 0 Å². The molecule has 0 aliphatic carbocycles. The maximum absolute atomic E-state index is 14.7. The monoisotopic (exact) mass is 586 g/mol. The van der Waals surface area contributed by atoms with Gasteiger partial charge >= 0.3 is 0 Å². The highest BCUT2D eigenvalue weighted by atomic mass is 19.1. The molecule has 3 heterocycles. The largest absolute Gasteiger partial charge is 0.487 e. The van der Waals surface area contributed by atoms with Crippen LogP contribution in [0.2, 0.25) is 0 Å². The van der Waals surface area contributed by atoms with Gasteiger partial charge in [0.2, 0.25) is 0 Å². The van der Waals surface area contributed by atoms with Gasteiger partial charge in [-0.2, -0.15) is 0 Å². The first-order valence-electron chi connectivity index (χ1n) is 14.4. The van der Waals surface area contributed by atoms with E-state index in [9.17, 15) is 14.0 Å². The third-order valence-corrected chi connectivity index (χ3v) is 7.55. The highest BCUT2D eigenvalue weighted by Crippen LogP contribution is 2.27. The van der Waals surface area contributed by atoms with Crippen LogP contribution in [-0.2, 0) is 13.2 Å². The van der Waals surface area contributed by atoms with Crippen LogP contribution in [0, 0.1) is 12.7 Å². The Hall–Kier alpha value is -4.64. The van der Waals surface area contributed by atoms with Gasteiger partial charge in [0.25, 0.3) is 11.8 Å². The number of benzene rings is 2. The molecular weight excluding hydrogens is 551 g/mol. The summed E-state index contributed by atoms with van der Waals surface area (Å²) in [5.41, 5.74) is 3.13. The number of fused-ring (bicyclic) bond motifs is 1. The SMILES string of the molecule is Cc1nonc1COc1ccc(C(=O)N2CCN(C(C)C)CCCN(C(=O)c3ccccn3)c3cc(F)ccc3C2)cc1. The molecule has 1 aliphatic rings. The number of nitrogens with zero attached hydrogens (tertiary/aromatic N) is 6. The van der Waals surface area contributed by atoms with Gasteiger partial charge in [-0.3, -0.25) is 19.5 Å². The number of anilines is 1. The number of hydrogen-bond acceptors (Lipinski definition) is 8. The molecule has 2 aromatic carbocycles. The lowest BCUT2D eigenvalue weighted by Crippen LogP contribution is -2.41. The Morgan fingerprint density at radius 1 is 0.977 bits per heavy atom. The Labute approximate surface area is 250 Å². The number of rotatable bonds is 6. The predicted molar refractivity (Wildman–Crippen MR) is 158 cm³/mol. The molecule has 0 spiro atoms. The molecule has 2 aromatic heterocycles. The third-order valence-electron chi connectivity index (χ3n) is 7.55. The van der Waals surface area contributed by atoms with E-state index in [1.165, 1.54) is 12.1 Å². The van der Waals surface area contributed by atoms with Crippen molar-refractivity contribution in [2.45, 2.75) is 46.4 Å². The van der Waals surface area contributed by atoms with Gasteiger partial charge in [-0.25, -0.2) is 9.02 Å². The summed E-state index contributed by atoms with van der Waals surface area (Å²) in [7, 11) is 0. The van der Waals surface area contributed by atoms with Crippen LogP contribution in [0.1, 0.15) is 58.1 Å². The Kier molecular flexibility index (Phi) is 9.41. The van der Waals surface area contributed by atoms with Crippen molar-refractivity contribution in [1.82, 2.24) is 25.1 Å². The minimum Gasteiger partial charge on any atom is -0.487 e. The summed E-state index contributed by atoms with van der Waals surface area (Å²) in [6.07, 6.45) is 2.24. The van der Waals surface area contributed by atoms with Crippen molar-refractivity contribution in [2.24, 2.45) is 0 Å². The Morgan fingerprint density at radius 2 is 1.79 bits per heavy atom. The van der Waals surface area contributed by atoms with Crippen LogP contribution in [-0.4, -0.2) is 69.1 Å². The molecular formula is C32H35FN6O4. The Bertz CT molecular complexity index is 1540. The van der Waals surface area contributed by atoms with E-state index in [1.807, 2.05) is 0 Å². The maximum Gasteiger partial charge on any atom is 0.276 e. The summed E-state index contributed by atoms with van der Waals surface area (Å²) in [5, 5.41) is 7.58. The fraction of sp³-hybridized carbons (Fsp3) is 0.344. The molecule has 2 amide bonds. The molecule has 0 atom stereocenters. The van der Waals surface area contributed by atoms with E-state index < -0.39 is 5.82 Å². The lowest BCUT2D eigenvalue weighted by molar-refractivity contribution is 0.0711. The average Bonchev–Trinajstić information content (AvgIpc) is 3.42. The van der Waals surface area contributed by atoms with Crippen LogP contribution in [0.4, 0.5) is 10.1 Å².